The van der Waals surface area contributed by atoms with E-state index in [1.165, 1.54) is 11.1 Å². The Bertz CT molecular complexity index is 621. The van der Waals surface area contributed by atoms with Gasteiger partial charge < -0.3 is 5.32 Å². The van der Waals surface area contributed by atoms with Crippen LogP contribution in [0.4, 0.5) is 0 Å². The Hall–Kier alpha value is -1.61. The van der Waals surface area contributed by atoms with Crippen LogP contribution in [0.1, 0.15) is 27.0 Å². The number of benzene rings is 2. The summed E-state index contributed by atoms with van der Waals surface area (Å²) in [4.78, 5) is 12.3. The van der Waals surface area contributed by atoms with Crippen molar-refractivity contribution in [1.29, 1.82) is 0 Å². The van der Waals surface area contributed by atoms with Crippen molar-refractivity contribution < 1.29 is 4.79 Å². The van der Waals surface area contributed by atoms with E-state index in [4.69, 9.17) is 0 Å². The van der Waals surface area contributed by atoms with Crippen molar-refractivity contribution in [3.8, 4) is 0 Å². The molecule has 0 aromatic heterocycles. The Morgan fingerprint density at radius 3 is 2.40 bits per heavy atom. The summed E-state index contributed by atoms with van der Waals surface area (Å²) in [6.45, 7) is 1.99. The highest BCUT2D eigenvalue weighted by atomic mass is 79.9. The van der Waals surface area contributed by atoms with Crippen LogP contribution < -0.4 is 5.32 Å². The highest BCUT2D eigenvalue weighted by Gasteiger charge is 2.22. The largest absolute Gasteiger partial charge is 0.349 e. The molecule has 2 nitrogen and oxygen atoms in total. The monoisotopic (exact) mass is 329 g/mol. The first kappa shape index (κ1) is 13.4. The summed E-state index contributed by atoms with van der Waals surface area (Å²) in [5.74, 6) is 0.00667. The minimum Gasteiger partial charge on any atom is -0.349 e. The van der Waals surface area contributed by atoms with E-state index >= 15 is 0 Å². The molecule has 2 aromatic rings. The van der Waals surface area contributed by atoms with E-state index in [2.05, 4.69) is 45.5 Å². The highest BCUT2D eigenvalue weighted by molar-refractivity contribution is 9.10. The van der Waals surface area contributed by atoms with Gasteiger partial charge in [-0.2, -0.15) is 0 Å². The van der Waals surface area contributed by atoms with Gasteiger partial charge in [0, 0.05) is 16.1 Å². The van der Waals surface area contributed by atoms with Crippen LogP contribution in [0.2, 0.25) is 0 Å². The van der Waals surface area contributed by atoms with E-state index in [0.717, 1.165) is 22.9 Å². The Morgan fingerprint density at radius 1 is 1.15 bits per heavy atom. The summed E-state index contributed by atoms with van der Waals surface area (Å²) in [7, 11) is 0. The van der Waals surface area contributed by atoms with Crippen LogP contribution in [-0.4, -0.2) is 11.9 Å². The molecule has 1 amide bonds. The van der Waals surface area contributed by atoms with Crippen molar-refractivity contribution in [1.82, 2.24) is 5.32 Å². The van der Waals surface area contributed by atoms with Crippen molar-refractivity contribution in [3.05, 3.63) is 69.2 Å². The number of amides is 1. The zero-order chi connectivity index (χ0) is 14.1. The summed E-state index contributed by atoms with van der Waals surface area (Å²) in [5, 5.41) is 3.14. The summed E-state index contributed by atoms with van der Waals surface area (Å²) in [6.07, 6.45) is 1.85. The number of fused-ring (bicyclic) bond motifs is 1. The number of hydrogen-bond acceptors (Lipinski definition) is 1. The van der Waals surface area contributed by atoms with Gasteiger partial charge in [0.05, 0.1) is 0 Å². The minimum atomic E-state index is 0.00667. The molecule has 1 N–H and O–H groups in total. The number of halogens is 1. The van der Waals surface area contributed by atoms with E-state index in [0.29, 0.717) is 5.56 Å². The lowest BCUT2D eigenvalue weighted by Crippen LogP contribution is -2.35. The van der Waals surface area contributed by atoms with Crippen LogP contribution in [0.5, 0.6) is 0 Å². The number of carbonyl (C=O) groups is 1. The smallest absolute Gasteiger partial charge is 0.251 e. The van der Waals surface area contributed by atoms with Crippen LogP contribution in [0, 0.1) is 6.92 Å². The molecule has 0 spiro atoms. The predicted octanol–water partition coefficient (Wildman–Crippen LogP) is 3.65. The molecule has 1 aliphatic carbocycles. The van der Waals surface area contributed by atoms with Gasteiger partial charge in [-0.3, -0.25) is 4.79 Å². The second-order valence-corrected chi connectivity index (χ2v) is 6.28. The van der Waals surface area contributed by atoms with E-state index in [1.54, 1.807) is 0 Å². The number of nitrogens with one attached hydrogen (secondary N) is 1. The van der Waals surface area contributed by atoms with Crippen molar-refractivity contribution in [2.75, 3.05) is 0 Å². The van der Waals surface area contributed by atoms with E-state index in [-0.39, 0.29) is 11.9 Å². The lowest BCUT2D eigenvalue weighted by Gasteiger charge is -2.12. The average molecular weight is 330 g/mol. The fourth-order valence-corrected chi connectivity index (χ4v) is 3.40. The van der Waals surface area contributed by atoms with Gasteiger partial charge in [-0.25, -0.2) is 0 Å². The first-order valence-corrected chi connectivity index (χ1v) is 7.56. The molecule has 0 bridgehead atoms. The number of aryl methyl sites for hydroxylation is 1. The van der Waals surface area contributed by atoms with Gasteiger partial charge in [0.1, 0.15) is 0 Å². The van der Waals surface area contributed by atoms with Crippen molar-refractivity contribution >= 4 is 21.8 Å². The van der Waals surface area contributed by atoms with E-state index < -0.39 is 0 Å². The molecule has 0 saturated carbocycles. The molecular weight excluding hydrogens is 314 g/mol. The molecule has 0 heterocycles. The lowest BCUT2D eigenvalue weighted by molar-refractivity contribution is 0.0938. The topological polar surface area (TPSA) is 29.1 Å². The summed E-state index contributed by atoms with van der Waals surface area (Å²) < 4.78 is 0.942. The quantitative estimate of drug-likeness (QED) is 0.895. The molecule has 0 aliphatic heterocycles. The predicted molar refractivity (Wildman–Crippen MR) is 84.0 cm³/mol. The normalized spacial score (nSPS) is 14.1. The van der Waals surface area contributed by atoms with Gasteiger partial charge in [-0.15, -0.1) is 0 Å². The van der Waals surface area contributed by atoms with Gasteiger partial charge in [-0.05, 0) is 54.7 Å². The first-order valence-electron chi connectivity index (χ1n) is 6.76. The molecule has 0 radical (unpaired) electrons. The minimum absolute atomic E-state index is 0.00667. The van der Waals surface area contributed by atoms with Crippen molar-refractivity contribution in [2.45, 2.75) is 25.8 Å². The molecule has 102 valence electrons. The molecule has 0 saturated heterocycles. The SMILES string of the molecule is Cc1cc(Br)cc(C(=O)NC2Cc3ccccc3C2)c1. The molecule has 3 heteroatoms. The second kappa shape index (κ2) is 5.41. The summed E-state index contributed by atoms with van der Waals surface area (Å²) >= 11 is 3.44. The Labute approximate surface area is 127 Å². The van der Waals surface area contributed by atoms with Gasteiger partial charge in [0.25, 0.3) is 5.91 Å². The van der Waals surface area contributed by atoms with Crippen LogP contribution in [0.15, 0.2) is 46.9 Å². The van der Waals surface area contributed by atoms with Gasteiger partial charge in [-0.1, -0.05) is 40.2 Å². The fraction of sp³-hybridized carbons (Fsp3) is 0.235. The molecular formula is C17H16BrNO. The van der Waals surface area contributed by atoms with Gasteiger partial charge in [0.15, 0.2) is 0 Å². The third-order valence-electron chi connectivity index (χ3n) is 3.69. The maximum absolute atomic E-state index is 12.3. The molecule has 2 aromatic carbocycles. The third-order valence-corrected chi connectivity index (χ3v) is 4.15. The fourth-order valence-electron chi connectivity index (χ4n) is 2.80. The summed E-state index contributed by atoms with van der Waals surface area (Å²) in [5.41, 5.74) is 4.50. The van der Waals surface area contributed by atoms with E-state index in [9.17, 15) is 4.79 Å². The Morgan fingerprint density at radius 2 is 1.80 bits per heavy atom. The lowest BCUT2D eigenvalue weighted by atomic mass is 10.1. The van der Waals surface area contributed by atoms with Crippen LogP contribution >= 0.6 is 15.9 Å². The molecule has 0 atom stereocenters. The average Bonchev–Trinajstić information content (AvgIpc) is 2.79. The van der Waals surface area contributed by atoms with Crippen molar-refractivity contribution in [2.24, 2.45) is 0 Å². The van der Waals surface area contributed by atoms with Crippen LogP contribution in [0.25, 0.3) is 0 Å². The van der Waals surface area contributed by atoms with Gasteiger partial charge >= 0.3 is 0 Å². The van der Waals surface area contributed by atoms with Crippen LogP contribution in [0.3, 0.4) is 0 Å². The zero-order valence-corrected chi connectivity index (χ0v) is 12.9. The maximum Gasteiger partial charge on any atom is 0.251 e. The van der Waals surface area contributed by atoms with Gasteiger partial charge in [0.2, 0.25) is 0 Å². The van der Waals surface area contributed by atoms with Crippen molar-refractivity contribution in [3.63, 3.8) is 0 Å². The number of carbonyl (C=O) groups excluding carboxylic acids is 1. The summed E-state index contributed by atoms with van der Waals surface area (Å²) in [6, 6.07) is 14.4. The number of rotatable bonds is 2. The van der Waals surface area contributed by atoms with E-state index in [1.807, 2.05) is 25.1 Å². The molecule has 1 aliphatic rings. The second-order valence-electron chi connectivity index (χ2n) is 5.36. The Kier molecular flexibility index (Phi) is 3.62. The Balaban J connectivity index is 1.72. The molecule has 20 heavy (non-hydrogen) atoms. The third kappa shape index (κ3) is 2.78. The maximum atomic E-state index is 12.3. The number of hydrogen-bond donors (Lipinski definition) is 1. The zero-order valence-electron chi connectivity index (χ0n) is 11.3. The molecule has 3 rings (SSSR count). The highest BCUT2D eigenvalue weighted by Crippen LogP contribution is 2.22. The molecule has 0 fully saturated rings. The standard InChI is InChI=1S/C17H16BrNO/c1-11-6-14(8-15(18)7-11)17(20)19-16-9-12-4-2-3-5-13(12)10-16/h2-8,16H,9-10H2,1H3,(H,19,20). The first-order chi connectivity index (χ1) is 9.61. The molecule has 0 unspecified atom stereocenters. The van der Waals surface area contributed by atoms with Crippen LogP contribution in [-0.2, 0) is 12.8 Å².